The normalized spacial score (nSPS) is 26.8. The van der Waals surface area contributed by atoms with E-state index >= 15 is 0 Å². The van der Waals surface area contributed by atoms with Gasteiger partial charge in [0.1, 0.15) is 11.8 Å². The van der Waals surface area contributed by atoms with E-state index in [1.54, 1.807) is 30.9 Å². The molecule has 3 aromatic rings. The summed E-state index contributed by atoms with van der Waals surface area (Å²) >= 11 is 0. The van der Waals surface area contributed by atoms with Gasteiger partial charge in [-0.25, -0.2) is 9.97 Å². The number of carbonyl (C=O) groups excluding carboxylic acids is 1. The van der Waals surface area contributed by atoms with Crippen molar-refractivity contribution in [3.8, 4) is 11.6 Å². The minimum Gasteiger partial charge on any atom is -0.472 e. The Morgan fingerprint density at radius 3 is 2.61 bits per heavy atom. The molecule has 1 aliphatic carbocycles. The van der Waals surface area contributed by atoms with Crippen molar-refractivity contribution in [3.63, 3.8) is 0 Å². The number of hydrogen-bond donors (Lipinski definition) is 0. The van der Waals surface area contributed by atoms with E-state index in [4.69, 9.17) is 7.48 Å². The predicted octanol–water partition coefficient (Wildman–Crippen LogP) is 3.46. The highest BCUT2D eigenvalue weighted by atomic mass is 19.4. The number of piperidine rings is 1. The lowest BCUT2D eigenvalue weighted by molar-refractivity contribution is -0.137. The molecule has 0 aromatic carbocycles. The zero-order valence-electron chi connectivity index (χ0n) is 19.7. The summed E-state index contributed by atoms with van der Waals surface area (Å²) in [4.78, 5) is 24.7. The van der Waals surface area contributed by atoms with Crippen molar-refractivity contribution < 1.29 is 25.4 Å². The maximum Gasteiger partial charge on any atom is 0.417 e. The molecule has 11 heteroatoms. The monoisotopic (exact) mass is 460 g/mol. The number of aromatic nitrogens is 5. The van der Waals surface area contributed by atoms with Crippen LogP contribution in [0.5, 0.6) is 5.88 Å². The van der Waals surface area contributed by atoms with Gasteiger partial charge in [-0.15, -0.1) is 4.80 Å². The van der Waals surface area contributed by atoms with E-state index < -0.39 is 48.1 Å². The first-order valence-corrected chi connectivity index (χ1v) is 10.4. The van der Waals surface area contributed by atoms with Gasteiger partial charge in [0, 0.05) is 26.7 Å². The van der Waals surface area contributed by atoms with Crippen LogP contribution in [-0.2, 0) is 6.18 Å². The van der Waals surface area contributed by atoms with Gasteiger partial charge in [-0.05, 0) is 50.8 Å². The Morgan fingerprint density at radius 1 is 1.21 bits per heavy atom. The molecule has 0 spiro atoms. The van der Waals surface area contributed by atoms with Gasteiger partial charge < -0.3 is 9.64 Å². The average Bonchev–Trinajstić information content (AvgIpc) is 3.50. The van der Waals surface area contributed by atoms with Crippen LogP contribution in [0.1, 0.15) is 44.2 Å². The molecule has 2 aliphatic rings. The van der Waals surface area contributed by atoms with Crippen LogP contribution in [0.15, 0.2) is 42.9 Å². The molecule has 4 unspecified atom stereocenters. The number of nitrogens with zero attached hydrogens (tertiary/aromatic N) is 6. The van der Waals surface area contributed by atoms with Crippen molar-refractivity contribution in [2.45, 2.75) is 51.0 Å². The Bertz CT molecular complexity index is 1250. The predicted molar refractivity (Wildman–Crippen MR) is 110 cm³/mol. The van der Waals surface area contributed by atoms with Crippen LogP contribution >= 0.6 is 0 Å². The molecule has 4 heterocycles. The van der Waals surface area contributed by atoms with Crippen LogP contribution in [0.4, 0.5) is 13.2 Å². The van der Waals surface area contributed by atoms with Crippen LogP contribution in [0.2, 0.25) is 0 Å². The van der Waals surface area contributed by atoms with Crippen molar-refractivity contribution in [3.05, 3.63) is 59.8 Å². The fourth-order valence-electron chi connectivity index (χ4n) is 4.39. The summed E-state index contributed by atoms with van der Waals surface area (Å²) < 4.78 is 61.7. The smallest absolute Gasteiger partial charge is 0.417 e. The maximum atomic E-state index is 13.8. The van der Waals surface area contributed by atoms with Crippen molar-refractivity contribution in [1.82, 2.24) is 29.9 Å². The number of carbonyl (C=O) groups is 1. The molecule has 2 bridgehead atoms. The molecule has 1 saturated carbocycles. The van der Waals surface area contributed by atoms with Crippen LogP contribution in [-0.4, -0.2) is 54.0 Å². The van der Waals surface area contributed by atoms with Crippen molar-refractivity contribution >= 4 is 5.91 Å². The Morgan fingerprint density at radius 2 is 1.97 bits per heavy atom. The van der Waals surface area contributed by atoms with Crippen molar-refractivity contribution in [1.29, 1.82) is 0 Å². The van der Waals surface area contributed by atoms with Crippen LogP contribution in [0.25, 0.3) is 5.69 Å². The summed E-state index contributed by atoms with van der Waals surface area (Å²) in [6.07, 6.45) is -3.55. The molecule has 8 nitrogen and oxygen atoms in total. The Hall–Kier alpha value is -3.50. The molecule has 4 atom stereocenters. The molecule has 172 valence electrons. The number of hydrogen-bond acceptors (Lipinski definition) is 6. The molecular formula is C22H21F3N6O2. The number of aryl methyl sites for hydroxylation is 1. The largest absolute Gasteiger partial charge is 0.472 e. The Labute approximate surface area is 190 Å². The van der Waals surface area contributed by atoms with Crippen LogP contribution < -0.4 is 4.74 Å². The summed E-state index contributed by atoms with van der Waals surface area (Å²) in [6, 6.07) is 4.19. The van der Waals surface area contributed by atoms with Gasteiger partial charge in [-0.1, -0.05) is 0 Å². The molecule has 0 radical (unpaired) electrons. The first-order valence-electron chi connectivity index (χ1n) is 11.4. The first-order chi connectivity index (χ1) is 16.5. The summed E-state index contributed by atoms with van der Waals surface area (Å²) in [6.45, 7) is 3.52. The third-order valence-corrected chi connectivity index (χ3v) is 6.00. The SMILES string of the molecule is [2H]C1([2H])C2CC(C1Oc1ccc(C(F)(F)F)cn1)N(C(=O)c1nc(C)ccc1-n1nccn1)C2C. The van der Waals surface area contributed by atoms with Gasteiger partial charge in [0.05, 0.1) is 24.0 Å². The fourth-order valence-corrected chi connectivity index (χ4v) is 4.39. The van der Waals surface area contributed by atoms with Gasteiger partial charge in [0.2, 0.25) is 5.88 Å². The van der Waals surface area contributed by atoms with Crippen molar-refractivity contribution in [2.24, 2.45) is 5.92 Å². The number of rotatable bonds is 4. The Balaban J connectivity index is 1.46. The highest BCUT2D eigenvalue weighted by Gasteiger charge is 2.53. The van der Waals surface area contributed by atoms with Crippen LogP contribution in [0.3, 0.4) is 0 Å². The van der Waals surface area contributed by atoms with E-state index in [2.05, 4.69) is 20.2 Å². The summed E-state index contributed by atoms with van der Waals surface area (Å²) in [5.74, 6) is -1.10. The minimum absolute atomic E-state index is 0.118. The molecule has 3 aromatic heterocycles. The van der Waals surface area contributed by atoms with E-state index in [0.29, 0.717) is 24.0 Å². The molecule has 5 rings (SSSR count). The van der Waals surface area contributed by atoms with Crippen LogP contribution in [0, 0.1) is 12.8 Å². The molecule has 1 amide bonds. The summed E-state index contributed by atoms with van der Waals surface area (Å²) in [5.41, 5.74) is 0.174. The van der Waals surface area contributed by atoms with Gasteiger partial charge in [-0.2, -0.15) is 23.4 Å². The quantitative estimate of drug-likeness (QED) is 0.593. The first kappa shape index (κ1) is 19.0. The number of fused-ring (bicyclic) bond motifs is 2. The number of ether oxygens (including phenoxy) is 1. The topological polar surface area (TPSA) is 86.0 Å². The number of likely N-dealkylation sites (tertiary alicyclic amines) is 1. The minimum atomic E-state index is -4.55. The zero-order chi connectivity index (χ0) is 25.1. The lowest BCUT2D eigenvalue weighted by Crippen LogP contribution is -2.51. The molecule has 1 saturated heterocycles. The van der Waals surface area contributed by atoms with Gasteiger partial charge >= 0.3 is 6.18 Å². The fraction of sp³-hybridized carbons (Fsp3) is 0.409. The van der Waals surface area contributed by atoms with Crippen molar-refractivity contribution in [2.75, 3.05) is 0 Å². The maximum absolute atomic E-state index is 13.8. The Kier molecular flexibility index (Phi) is 4.51. The highest BCUT2D eigenvalue weighted by molar-refractivity contribution is 5.96. The second kappa shape index (κ2) is 7.82. The van der Waals surface area contributed by atoms with Gasteiger partial charge in [-0.3, -0.25) is 4.79 Å². The number of halogens is 3. The lowest BCUT2D eigenvalue weighted by atomic mass is 9.98. The van der Waals surface area contributed by atoms with E-state index in [-0.39, 0.29) is 11.6 Å². The van der Waals surface area contributed by atoms with Gasteiger partial charge in [0.15, 0.2) is 5.69 Å². The zero-order valence-corrected chi connectivity index (χ0v) is 17.7. The average molecular weight is 460 g/mol. The second-order valence-corrected chi connectivity index (χ2v) is 8.09. The molecule has 33 heavy (non-hydrogen) atoms. The highest BCUT2D eigenvalue weighted by Crippen LogP contribution is 2.44. The van der Waals surface area contributed by atoms with E-state index in [0.717, 1.165) is 12.1 Å². The van der Waals surface area contributed by atoms with E-state index in [1.165, 1.54) is 17.2 Å². The second-order valence-electron chi connectivity index (χ2n) is 8.09. The molecule has 1 aliphatic heterocycles. The number of amides is 1. The van der Waals surface area contributed by atoms with Gasteiger partial charge in [0.25, 0.3) is 5.91 Å². The summed E-state index contributed by atoms with van der Waals surface area (Å²) in [7, 11) is 0. The molecular weight excluding hydrogens is 437 g/mol. The summed E-state index contributed by atoms with van der Waals surface area (Å²) in [5, 5.41) is 8.19. The molecule has 0 N–H and O–H groups in total. The lowest BCUT2D eigenvalue weighted by Gasteiger charge is -2.37. The molecule has 2 fully saturated rings. The number of pyridine rings is 2. The van der Waals surface area contributed by atoms with E-state index in [1.807, 2.05) is 0 Å². The van der Waals surface area contributed by atoms with E-state index in [9.17, 15) is 18.0 Å². The third kappa shape index (κ3) is 3.81. The third-order valence-electron chi connectivity index (χ3n) is 6.00. The standard InChI is InChI=1S/C22H21F3N6O2/c1-12-3-5-16(31-27-7-8-28-31)20(29-12)21(32)30-13(2)14-9-17(30)18(10-14)33-19-6-4-15(11-26-19)22(23,24)25/h3-8,11,13-14,17-18H,9-10H2,1-2H3/i10D2. The number of alkyl halides is 3.